The van der Waals surface area contributed by atoms with E-state index in [0.717, 1.165) is 0 Å². The van der Waals surface area contributed by atoms with Gasteiger partial charge >= 0.3 is 0 Å². The van der Waals surface area contributed by atoms with E-state index < -0.39 is 0 Å². The zero-order valence-corrected chi connectivity index (χ0v) is 18.3. The number of phenolic OH excluding ortho intramolecular Hbond substituents is 1. The highest BCUT2D eigenvalue weighted by atomic mass is 16.5. The molecule has 2 aromatic carbocycles. The number of ether oxygens (including phenoxy) is 3. The number of para-hydroxylation sites is 1. The van der Waals surface area contributed by atoms with E-state index in [2.05, 4.69) is 10.5 Å². The van der Waals surface area contributed by atoms with Crippen molar-refractivity contribution in [2.75, 3.05) is 34.4 Å². The van der Waals surface area contributed by atoms with Gasteiger partial charge in [0, 0.05) is 36.2 Å². The summed E-state index contributed by atoms with van der Waals surface area (Å²) in [6.07, 6.45) is 2.42. The van der Waals surface area contributed by atoms with E-state index in [4.69, 9.17) is 14.2 Å². The lowest BCUT2D eigenvalue weighted by molar-refractivity contribution is -0.126. The van der Waals surface area contributed by atoms with Crippen molar-refractivity contribution in [3.8, 4) is 23.0 Å². The van der Waals surface area contributed by atoms with Crippen molar-refractivity contribution in [3.63, 3.8) is 0 Å². The number of hydrogen-bond acceptors (Lipinski definition) is 7. The van der Waals surface area contributed by atoms with Gasteiger partial charge in [0.2, 0.25) is 5.91 Å². The minimum atomic E-state index is -0.255. The second-order valence-corrected chi connectivity index (χ2v) is 7.30. The number of methoxy groups -OCH3 is 3. The molecule has 0 unspecified atom stereocenters. The first-order valence-corrected chi connectivity index (χ1v) is 10.2. The number of piperidine rings is 1. The van der Waals surface area contributed by atoms with Crippen molar-refractivity contribution in [2.24, 2.45) is 11.0 Å². The first kappa shape index (κ1) is 22.9. The Balaban J connectivity index is 1.55. The van der Waals surface area contributed by atoms with E-state index in [0.29, 0.717) is 54.3 Å². The van der Waals surface area contributed by atoms with E-state index >= 15 is 0 Å². The molecule has 9 nitrogen and oxygen atoms in total. The van der Waals surface area contributed by atoms with Gasteiger partial charge in [0.1, 0.15) is 11.5 Å². The molecule has 1 heterocycles. The number of carbonyl (C=O) groups is 2. The quantitative estimate of drug-likeness (QED) is 0.505. The molecule has 0 atom stereocenters. The SMILES string of the molecule is COc1cc(OC)cc(C(=O)N2CCC(C(=O)NN=Cc3cccc(OC)c3O)CC2)c1. The van der Waals surface area contributed by atoms with Gasteiger partial charge in [0.25, 0.3) is 5.91 Å². The second kappa shape index (κ2) is 10.5. The molecule has 9 heteroatoms. The van der Waals surface area contributed by atoms with Gasteiger partial charge in [-0.25, -0.2) is 5.43 Å². The van der Waals surface area contributed by atoms with Crippen LogP contribution in [0, 0.1) is 5.92 Å². The molecule has 0 aliphatic carbocycles. The summed E-state index contributed by atoms with van der Waals surface area (Å²) in [5.41, 5.74) is 3.42. The number of hydrazone groups is 1. The summed E-state index contributed by atoms with van der Waals surface area (Å²) >= 11 is 0. The molecular formula is C23H27N3O6. The van der Waals surface area contributed by atoms with Crippen molar-refractivity contribution >= 4 is 18.0 Å². The number of phenols is 1. The fourth-order valence-electron chi connectivity index (χ4n) is 3.52. The lowest BCUT2D eigenvalue weighted by atomic mass is 9.95. The number of hydrogen-bond donors (Lipinski definition) is 2. The number of carbonyl (C=O) groups excluding carboxylic acids is 2. The molecule has 0 saturated carbocycles. The van der Waals surface area contributed by atoms with Crippen molar-refractivity contribution in [2.45, 2.75) is 12.8 Å². The van der Waals surface area contributed by atoms with Crippen LogP contribution in [0.5, 0.6) is 23.0 Å². The van der Waals surface area contributed by atoms with E-state index in [9.17, 15) is 14.7 Å². The number of amides is 2. The molecule has 3 rings (SSSR count). The fraction of sp³-hybridized carbons (Fsp3) is 0.348. The first-order chi connectivity index (χ1) is 15.5. The lowest BCUT2D eigenvalue weighted by Gasteiger charge is -2.31. The highest BCUT2D eigenvalue weighted by Crippen LogP contribution is 2.28. The van der Waals surface area contributed by atoms with E-state index in [1.807, 2.05) is 0 Å². The number of nitrogens with one attached hydrogen (secondary N) is 1. The summed E-state index contributed by atoms with van der Waals surface area (Å²) in [4.78, 5) is 27.1. The highest BCUT2D eigenvalue weighted by Gasteiger charge is 2.28. The number of aromatic hydroxyl groups is 1. The van der Waals surface area contributed by atoms with Crippen LogP contribution >= 0.6 is 0 Å². The van der Waals surface area contributed by atoms with Gasteiger partial charge in [-0.3, -0.25) is 9.59 Å². The van der Waals surface area contributed by atoms with Crippen LogP contribution in [-0.4, -0.2) is 62.5 Å². The third-order valence-electron chi connectivity index (χ3n) is 5.38. The van der Waals surface area contributed by atoms with Gasteiger partial charge < -0.3 is 24.2 Å². The van der Waals surface area contributed by atoms with Crippen LogP contribution in [0.4, 0.5) is 0 Å². The number of rotatable bonds is 7. The molecular weight excluding hydrogens is 414 g/mol. The molecule has 0 radical (unpaired) electrons. The average molecular weight is 441 g/mol. The van der Waals surface area contributed by atoms with Gasteiger partial charge in [0.05, 0.1) is 27.5 Å². The molecule has 2 aromatic rings. The largest absolute Gasteiger partial charge is 0.504 e. The average Bonchev–Trinajstić information content (AvgIpc) is 2.84. The molecule has 2 amide bonds. The van der Waals surface area contributed by atoms with Crippen LogP contribution in [0.2, 0.25) is 0 Å². The van der Waals surface area contributed by atoms with Crippen LogP contribution in [0.25, 0.3) is 0 Å². The third-order valence-corrected chi connectivity index (χ3v) is 5.38. The van der Waals surface area contributed by atoms with Crippen LogP contribution in [0.1, 0.15) is 28.8 Å². The molecule has 170 valence electrons. The Kier molecular flexibility index (Phi) is 7.54. The molecule has 0 spiro atoms. The van der Waals surface area contributed by atoms with Gasteiger partial charge in [-0.15, -0.1) is 0 Å². The van der Waals surface area contributed by atoms with Crippen LogP contribution in [0.3, 0.4) is 0 Å². The number of likely N-dealkylation sites (tertiary alicyclic amines) is 1. The summed E-state index contributed by atoms with van der Waals surface area (Å²) < 4.78 is 15.5. The Morgan fingerprint density at radius 1 is 1.06 bits per heavy atom. The predicted octanol–water partition coefficient (Wildman–Crippen LogP) is 2.42. The summed E-state index contributed by atoms with van der Waals surface area (Å²) in [6.45, 7) is 0.910. The lowest BCUT2D eigenvalue weighted by Crippen LogP contribution is -2.42. The maximum atomic E-state index is 12.9. The molecule has 1 aliphatic heterocycles. The predicted molar refractivity (Wildman–Crippen MR) is 119 cm³/mol. The Bertz CT molecular complexity index is 977. The Labute approximate surface area is 186 Å². The molecule has 2 N–H and O–H groups in total. The normalized spacial score (nSPS) is 14.3. The van der Waals surface area contributed by atoms with Gasteiger partial charge in [0.15, 0.2) is 11.5 Å². The van der Waals surface area contributed by atoms with Crippen LogP contribution in [0.15, 0.2) is 41.5 Å². The zero-order valence-electron chi connectivity index (χ0n) is 18.3. The van der Waals surface area contributed by atoms with Crippen molar-refractivity contribution in [1.82, 2.24) is 10.3 Å². The monoisotopic (exact) mass is 441 g/mol. The van der Waals surface area contributed by atoms with E-state index in [-0.39, 0.29) is 23.5 Å². The fourth-order valence-corrected chi connectivity index (χ4v) is 3.52. The molecule has 1 saturated heterocycles. The zero-order chi connectivity index (χ0) is 23.1. The Morgan fingerprint density at radius 3 is 2.31 bits per heavy atom. The van der Waals surface area contributed by atoms with Gasteiger partial charge in [-0.2, -0.15) is 5.10 Å². The topological polar surface area (TPSA) is 110 Å². The molecule has 0 bridgehead atoms. The van der Waals surface area contributed by atoms with Crippen LogP contribution in [-0.2, 0) is 4.79 Å². The maximum Gasteiger partial charge on any atom is 0.254 e. The molecule has 32 heavy (non-hydrogen) atoms. The van der Waals surface area contributed by atoms with Crippen molar-refractivity contribution in [1.29, 1.82) is 0 Å². The number of benzene rings is 2. The number of nitrogens with zero attached hydrogens (tertiary/aromatic N) is 2. The molecule has 1 aliphatic rings. The van der Waals surface area contributed by atoms with Crippen LogP contribution < -0.4 is 19.6 Å². The highest BCUT2D eigenvalue weighted by molar-refractivity contribution is 5.95. The van der Waals surface area contributed by atoms with Gasteiger partial charge in [-0.1, -0.05) is 6.07 Å². The summed E-state index contributed by atoms with van der Waals surface area (Å²) in [7, 11) is 4.52. The Hall–Kier alpha value is -3.75. The summed E-state index contributed by atoms with van der Waals surface area (Å²) in [6, 6.07) is 10.1. The molecule has 1 fully saturated rings. The molecule has 0 aromatic heterocycles. The van der Waals surface area contributed by atoms with E-state index in [1.54, 1.807) is 41.3 Å². The smallest absolute Gasteiger partial charge is 0.254 e. The summed E-state index contributed by atoms with van der Waals surface area (Å²) in [5.74, 6) is 0.755. The second-order valence-electron chi connectivity index (χ2n) is 7.30. The van der Waals surface area contributed by atoms with Gasteiger partial charge in [-0.05, 0) is 37.1 Å². The minimum Gasteiger partial charge on any atom is -0.504 e. The third kappa shape index (κ3) is 5.29. The first-order valence-electron chi connectivity index (χ1n) is 10.2. The minimum absolute atomic E-state index is 0.0472. The van der Waals surface area contributed by atoms with E-state index in [1.165, 1.54) is 27.5 Å². The van der Waals surface area contributed by atoms with Crippen molar-refractivity contribution in [3.05, 3.63) is 47.5 Å². The maximum absolute atomic E-state index is 12.9. The van der Waals surface area contributed by atoms with Crippen molar-refractivity contribution < 1.29 is 28.9 Å². The summed E-state index contributed by atoms with van der Waals surface area (Å²) in [5, 5.41) is 14.0. The standard InChI is InChI=1S/C23H27N3O6/c1-30-18-11-17(12-19(13-18)31-2)23(29)26-9-7-15(8-10-26)22(28)25-24-14-16-5-4-6-20(32-3)21(16)27/h4-6,11-15,27H,7-10H2,1-3H3,(H,25,28). The Morgan fingerprint density at radius 2 is 1.72 bits per heavy atom.